The summed E-state index contributed by atoms with van der Waals surface area (Å²) in [5.41, 5.74) is 2.50. The highest BCUT2D eigenvalue weighted by Gasteiger charge is 2.19. The Bertz CT molecular complexity index is 562. The lowest BCUT2D eigenvalue weighted by Gasteiger charge is -2.21. The van der Waals surface area contributed by atoms with Crippen LogP contribution in [0.4, 0.5) is 8.78 Å². The van der Waals surface area contributed by atoms with Crippen LogP contribution in [0.1, 0.15) is 29.7 Å². The number of aryl methyl sites for hydroxylation is 1. The SMILES string of the molecule is CCNC(c1ccc(F)cc1F)c1ccc(C)cc1Br. The number of hydrogen-bond donors (Lipinski definition) is 1. The summed E-state index contributed by atoms with van der Waals surface area (Å²) in [6.45, 7) is 4.63. The Morgan fingerprint density at radius 1 is 1.10 bits per heavy atom. The second kappa shape index (κ2) is 6.46. The lowest BCUT2D eigenvalue weighted by molar-refractivity contribution is 0.540. The second-order valence-corrected chi connectivity index (χ2v) is 5.54. The first-order valence-corrected chi connectivity index (χ1v) is 7.26. The fraction of sp³-hybridized carbons (Fsp3) is 0.250. The Balaban J connectivity index is 2.50. The molecule has 0 aliphatic heterocycles. The van der Waals surface area contributed by atoms with E-state index in [1.165, 1.54) is 12.1 Å². The predicted octanol–water partition coefficient (Wildman–Crippen LogP) is 4.73. The quantitative estimate of drug-likeness (QED) is 0.848. The van der Waals surface area contributed by atoms with Crippen molar-refractivity contribution in [2.24, 2.45) is 0 Å². The molecule has 20 heavy (non-hydrogen) atoms. The highest BCUT2D eigenvalue weighted by molar-refractivity contribution is 9.10. The first-order valence-electron chi connectivity index (χ1n) is 6.47. The largest absolute Gasteiger partial charge is 0.306 e. The van der Waals surface area contributed by atoms with E-state index in [1.807, 2.05) is 32.0 Å². The highest BCUT2D eigenvalue weighted by atomic mass is 79.9. The Morgan fingerprint density at radius 3 is 2.40 bits per heavy atom. The number of halogens is 3. The molecule has 0 bridgehead atoms. The topological polar surface area (TPSA) is 12.0 Å². The Kier molecular flexibility index (Phi) is 4.89. The van der Waals surface area contributed by atoms with E-state index in [0.29, 0.717) is 12.1 Å². The molecule has 0 saturated carbocycles. The first kappa shape index (κ1) is 15.1. The van der Waals surface area contributed by atoms with Crippen LogP contribution >= 0.6 is 15.9 Å². The molecular formula is C16H16BrF2N. The zero-order chi connectivity index (χ0) is 14.7. The van der Waals surface area contributed by atoms with E-state index < -0.39 is 11.6 Å². The molecule has 2 aromatic rings. The molecule has 0 radical (unpaired) electrons. The molecule has 106 valence electrons. The third kappa shape index (κ3) is 3.25. The van der Waals surface area contributed by atoms with Gasteiger partial charge in [0.1, 0.15) is 11.6 Å². The summed E-state index contributed by atoms with van der Waals surface area (Å²) in [4.78, 5) is 0. The molecule has 1 N–H and O–H groups in total. The first-order chi connectivity index (χ1) is 9.52. The van der Waals surface area contributed by atoms with E-state index in [2.05, 4.69) is 21.2 Å². The second-order valence-electron chi connectivity index (χ2n) is 4.68. The van der Waals surface area contributed by atoms with E-state index in [4.69, 9.17) is 0 Å². The van der Waals surface area contributed by atoms with Crippen molar-refractivity contribution in [2.45, 2.75) is 19.9 Å². The molecule has 1 nitrogen and oxygen atoms in total. The number of hydrogen-bond acceptors (Lipinski definition) is 1. The summed E-state index contributed by atoms with van der Waals surface area (Å²) in [7, 11) is 0. The lowest BCUT2D eigenvalue weighted by Crippen LogP contribution is -2.23. The summed E-state index contributed by atoms with van der Waals surface area (Å²) < 4.78 is 28.0. The zero-order valence-corrected chi connectivity index (χ0v) is 13.0. The third-order valence-corrected chi connectivity index (χ3v) is 3.84. The molecule has 1 unspecified atom stereocenters. The molecule has 0 fully saturated rings. The van der Waals surface area contributed by atoms with Crippen molar-refractivity contribution in [2.75, 3.05) is 6.54 Å². The minimum Gasteiger partial charge on any atom is -0.306 e. The van der Waals surface area contributed by atoms with Crippen LogP contribution in [-0.2, 0) is 0 Å². The molecule has 0 heterocycles. The van der Waals surface area contributed by atoms with E-state index in [0.717, 1.165) is 21.7 Å². The van der Waals surface area contributed by atoms with Gasteiger partial charge in [-0.2, -0.15) is 0 Å². The van der Waals surface area contributed by atoms with Crippen molar-refractivity contribution in [3.8, 4) is 0 Å². The fourth-order valence-electron chi connectivity index (χ4n) is 2.19. The van der Waals surface area contributed by atoms with Crippen molar-refractivity contribution in [1.82, 2.24) is 5.32 Å². The molecule has 1 atom stereocenters. The predicted molar refractivity (Wildman–Crippen MR) is 80.8 cm³/mol. The van der Waals surface area contributed by atoms with Gasteiger partial charge in [0.2, 0.25) is 0 Å². The van der Waals surface area contributed by atoms with Crippen LogP contribution in [0.25, 0.3) is 0 Å². The number of nitrogens with one attached hydrogen (secondary N) is 1. The zero-order valence-electron chi connectivity index (χ0n) is 11.4. The number of rotatable bonds is 4. The van der Waals surface area contributed by atoms with Gasteiger partial charge >= 0.3 is 0 Å². The van der Waals surface area contributed by atoms with Crippen LogP contribution in [0.15, 0.2) is 40.9 Å². The maximum absolute atomic E-state index is 14.0. The Hall–Kier alpha value is -1.26. The summed E-state index contributed by atoms with van der Waals surface area (Å²) in [6, 6.07) is 9.30. The van der Waals surface area contributed by atoms with E-state index in [1.54, 1.807) is 0 Å². The van der Waals surface area contributed by atoms with Crippen LogP contribution in [-0.4, -0.2) is 6.54 Å². The van der Waals surface area contributed by atoms with Crippen LogP contribution < -0.4 is 5.32 Å². The fourth-order valence-corrected chi connectivity index (χ4v) is 2.92. The molecule has 0 amide bonds. The van der Waals surface area contributed by atoms with Gasteiger partial charge in [-0.25, -0.2) is 8.78 Å². The molecule has 0 spiro atoms. The van der Waals surface area contributed by atoms with E-state index in [-0.39, 0.29) is 6.04 Å². The van der Waals surface area contributed by atoms with Crippen LogP contribution in [0.2, 0.25) is 0 Å². The van der Waals surface area contributed by atoms with Gasteiger partial charge in [0.15, 0.2) is 0 Å². The maximum atomic E-state index is 14.0. The van der Waals surface area contributed by atoms with Crippen molar-refractivity contribution in [3.05, 3.63) is 69.2 Å². The summed E-state index contributed by atoms with van der Waals surface area (Å²) in [6.07, 6.45) is 0. The van der Waals surface area contributed by atoms with Gasteiger partial charge < -0.3 is 5.32 Å². The minimum absolute atomic E-state index is 0.310. The van der Waals surface area contributed by atoms with Gasteiger partial charge in [0, 0.05) is 16.1 Å². The molecule has 0 aliphatic rings. The van der Waals surface area contributed by atoms with Crippen LogP contribution in [0.3, 0.4) is 0 Å². The van der Waals surface area contributed by atoms with Gasteiger partial charge in [-0.15, -0.1) is 0 Å². The summed E-state index contributed by atoms with van der Waals surface area (Å²) >= 11 is 3.52. The van der Waals surface area contributed by atoms with Crippen LogP contribution in [0.5, 0.6) is 0 Å². The molecular weight excluding hydrogens is 324 g/mol. The van der Waals surface area contributed by atoms with Crippen molar-refractivity contribution >= 4 is 15.9 Å². The highest BCUT2D eigenvalue weighted by Crippen LogP contribution is 2.31. The molecule has 0 saturated heterocycles. The van der Waals surface area contributed by atoms with Gasteiger partial charge in [-0.3, -0.25) is 0 Å². The molecule has 0 aliphatic carbocycles. The molecule has 0 aromatic heterocycles. The molecule has 2 aromatic carbocycles. The average molecular weight is 340 g/mol. The minimum atomic E-state index is -0.565. The maximum Gasteiger partial charge on any atom is 0.131 e. The van der Waals surface area contributed by atoms with E-state index in [9.17, 15) is 8.78 Å². The van der Waals surface area contributed by atoms with Gasteiger partial charge in [-0.1, -0.05) is 41.1 Å². The van der Waals surface area contributed by atoms with E-state index >= 15 is 0 Å². The molecule has 4 heteroatoms. The third-order valence-electron chi connectivity index (χ3n) is 3.15. The monoisotopic (exact) mass is 339 g/mol. The van der Waals surface area contributed by atoms with Gasteiger partial charge in [0.25, 0.3) is 0 Å². The number of benzene rings is 2. The lowest BCUT2D eigenvalue weighted by atomic mass is 9.97. The Morgan fingerprint density at radius 2 is 1.80 bits per heavy atom. The van der Waals surface area contributed by atoms with Crippen molar-refractivity contribution in [1.29, 1.82) is 0 Å². The Labute approximate surface area is 126 Å². The standard InChI is InChI=1S/C16H16BrF2N/c1-3-20-16(12-6-4-10(2)8-14(12)17)13-7-5-11(18)9-15(13)19/h4-9,16,20H,3H2,1-2H3. The van der Waals surface area contributed by atoms with Gasteiger partial charge in [-0.05, 0) is 36.7 Å². The smallest absolute Gasteiger partial charge is 0.131 e. The summed E-state index contributed by atoms with van der Waals surface area (Å²) in [5.74, 6) is -1.10. The van der Waals surface area contributed by atoms with Crippen molar-refractivity contribution in [3.63, 3.8) is 0 Å². The van der Waals surface area contributed by atoms with Crippen LogP contribution in [0, 0.1) is 18.6 Å². The average Bonchev–Trinajstić information content (AvgIpc) is 2.37. The summed E-state index contributed by atoms with van der Waals surface area (Å²) in [5, 5.41) is 3.24. The van der Waals surface area contributed by atoms with Gasteiger partial charge in [0.05, 0.1) is 6.04 Å². The van der Waals surface area contributed by atoms with Crippen molar-refractivity contribution < 1.29 is 8.78 Å². The molecule has 2 rings (SSSR count). The normalized spacial score (nSPS) is 12.4.